The average Bonchev–Trinajstić information content (AvgIpc) is 2.36. The maximum absolute atomic E-state index is 12.7. The summed E-state index contributed by atoms with van der Waals surface area (Å²) in [6, 6.07) is 2.31. The van der Waals surface area contributed by atoms with Gasteiger partial charge in [0.05, 0.1) is 12.7 Å². The van der Waals surface area contributed by atoms with Crippen molar-refractivity contribution in [2.45, 2.75) is 32.7 Å². The zero-order chi connectivity index (χ0) is 15.3. The number of nitrogens with zero attached hydrogens (tertiary/aromatic N) is 2. The standard InChI is InChI=1S/C13H20F3N3O/c1-9(2)20-7-6-19(3)12-10(8-17)4-5-11(18-12)13(14,15)16/h4-5,9H,6-8,17H2,1-3H3. The third kappa shape index (κ3) is 4.64. The molecule has 0 unspecified atom stereocenters. The van der Waals surface area contributed by atoms with Gasteiger partial charge < -0.3 is 15.4 Å². The van der Waals surface area contributed by atoms with Crippen LogP contribution in [0.3, 0.4) is 0 Å². The van der Waals surface area contributed by atoms with Gasteiger partial charge in [-0.2, -0.15) is 13.2 Å². The van der Waals surface area contributed by atoms with Gasteiger partial charge in [0, 0.05) is 25.7 Å². The Morgan fingerprint density at radius 1 is 1.35 bits per heavy atom. The Hall–Kier alpha value is -1.34. The molecule has 0 amide bonds. The summed E-state index contributed by atoms with van der Waals surface area (Å²) in [6.07, 6.45) is -4.39. The third-order valence-corrected chi connectivity index (χ3v) is 2.71. The van der Waals surface area contributed by atoms with Crippen LogP contribution in [0.15, 0.2) is 12.1 Å². The average molecular weight is 291 g/mol. The van der Waals surface area contributed by atoms with Crippen molar-refractivity contribution in [3.8, 4) is 0 Å². The molecule has 0 saturated carbocycles. The highest BCUT2D eigenvalue weighted by Crippen LogP contribution is 2.30. The SMILES string of the molecule is CC(C)OCCN(C)c1nc(C(F)(F)F)ccc1CN. The van der Waals surface area contributed by atoms with Crippen molar-refractivity contribution in [2.75, 3.05) is 25.1 Å². The molecule has 4 nitrogen and oxygen atoms in total. The number of hydrogen-bond acceptors (Lipinski definition) is 4. The van der Waals surface area contributed by atoms with Crippen LogP contribution in [-0.4, -0.2) is 31.3 Å². The highest BCUT2D eigenvalue weighted by atomic mass is 19.4. The highest BCUT2D eigenvalue weighted by molar-refractivity contribution is 5.47. The number of halogens is 3. The molecule has 7 heteroatoms. The molecule has 20 heavy (non-hydrogen) atoms. The Morgan fingerprint density at radius 3 is 2.50 bits per heavy atom. The molecular weight excluding hydrogens is 271 g/mol. The number of nitrogens with two attached hydrogens (primary N) is 1. The van der Waals surface area contributed by atoms with Crippen LogP contribution in [0.5, 0.6) is 0 Å². The van der Waals surface area contributed by atoms with Crippen LogP contribution in [-0.2, 0) is 17.5 Å². The Kier molecular flexibility index (Phi) is 5.76. The predicted octanol–water partition coefficient (Wildman–Crippen LogP) is 2.42. The predicted molar refractivity (Wildman–Crippen MR) is 71.5 cm³/mol. The molecular formula is C13H20F3N3O. The van der Waals surface area contributed by atoms with Crippen LogP contribution in [0.25, 0.3) is 0 Å². The Bertz CT molecular complexity index is 435. The number of aromatic nitrogens is 1. The minimum atomic E-state index is -4.46. The summed E-state index contributed by atoms with van der Waals surface area (Å²) in [5.41, 5.74) is 5.20. The maximum atomic E-state index is 12.7. The zero-order valence-corrected chi connectivity index (χ0v) is 11.9. The summed E-state index contributed by atoms with van der Waals surface area (Å²) < 4.78 is 43.4. The second kappa shape index (κ2) is 6.90. The van der Waals surface area contributed by atoms with Crippen molar-refractivity contribution in [1.29, 1.82) is 0 Å². The van der Waals surface area contributed by atoms with Crippen molar-refractivity contribution < 1.29 is 17.9 Å². The number of alkyl halides is 3. The summed E-state index contributed by atoms with van der Waals surface area (Å²) in [5, 5.41) is 0. The first-order valence-electron chi connectivity index (χ1n) is 6.35. The number of rotatable bonds is 6. The van der Waals surface area contributed by atoms with Gasteiger partial charge in [-0.3, -0.25) is 0 Å². The molecule has 1 rings (SSSR count). The molecule has 0 atom stereocenters. The van der Waals surface area contributed by atoms with E-state index in [1.807, 2.05) is 13.8 Å². The lowest BCUT2D eigenvalue weighted by Gasteiger charge is -2.22. The van der Waals surface area contributed by atoms with Gasteiger partial charge in [-0.1, -0.05) is 6.07 Å². The van der Waals surface area contributed by atoms with E-state index >= 15 is 0 Å². The number of likely N-dealkylation sites (N-methyl/N-ethyl adjacent to an activating group) is 1. The monoisotopic (exact) mass is 291 g/mol. The van der Waals surface area contributed by atoms with Crippen LogP contribution < -0.4 is 10.6 Å². The van der Waals surface area contributed by atoms with Crippen LogP contribution in [0.1, 0.15) is 25.1 Å². The first-order chi connectivity index (χ1) is 9.25. The van der Waals surface area contributed by atoms with Gasteiger partial charge in [-0.25, -0.2) is 4.98 Å². The van der Waals surface area contributed by atoms with Gasteiger partial charge in [-0.15, -0.1) is 0 Å². The molecule has 0 spiro atoms. The van der Waals surface area contributed by atoms with Crippen molar-refractivity contribution in [3.05, 3.63) is 23.4 Å². The summed E-state index contributed by atoms with van der Waals surface area (Å²) in [5.74, 6) is 0.245. The maximum Gasteiger partial charge on any atom is 0.433 e. The molecule has 0 fully saturated rings. The lowest BCUT2D eigenvalue weighted by Crippen LogP contribution is -2.27. The van der Waals surface area contributed by atoms with Crippen LogP contribution in [0.2, 0.25) is 0 Å². The molecule has 0 saturated heterocycles. The summed E-state index contributed by atoms with van der Waals surface area (Å²) in [6.45, 7) is 4.78. The van der Waals surface area contributed by atoms with E-state index in [0.29, 0.717) is 18.7 Å². The fourth-order valence-corrected chi connectivity index (χ4v) is 1.66. The third-order valence-electron chi connectivity index (χ3n) is 2.71. The van der Waals surface area contributed by atoms with Gasteiger partial charge in [0.1, 0.15) is 11.5 Å². The normalized spacial score (nSPS) is 12.0. The van der Waals surface area contributed by atoms with E-state index in [-0.39, 0.29) is 18.5 Å². The molecule has 0 aromatic carbocycles. The molecule has 0 aliphatic heterocycles. The molecule has 1 aromatic rings. The zero-order valence-electron chi connectivity index (χ0n) is 11.9. The van der Waals surface area contributed by atoms with Crippen LogP contribution in [0, 0.1) is 0 Å². The molecule has 0 bridgehead atoms. The second-order valence-corrected chi connectivity index (χ2v) is 4.72. The number of hydrogen-bond donors (Lipinski definition) is 1. The van der Waals surface area contributed by atoms with Gasteiger partial charge in [0.2, 0.25) is 0 Å². The quantitative estimate of drug-likeness (QED) is 0.874. The topological polar surface area (TPSA) is 51.4 Å². The second-order valence-electron chi connectivity index (χ2n) is 4.72. The Labute approximate surface area is 116 Å². The van der Waals surface area contributed by atoms with E-state index in [1.54, 1.807) is 11.9 Å². The van der Waals surface area contributed by atoms with Gasteiger partial charge in [0.15, 0.2) is 0 Å². The van der Waals surface area contributed by atoms with Crippen molar-refractivity contribution >= 4 is 5.82 Å². The molecule has 0 aliphatic carbocycles. The smallest absolute Gasteiger partial charge is 0.377 e. The van der Waals surface area contributed by atoms with Gasteiger partial charge in [-0.05, 0) is 19.9 Å². The first-order valence-corrected chi connectivity index (χ1v) is 6.35. The summed E-state index contributed by atoms with van der Waals surface area (Å²) in [7, 11) is 1.67. The fraction of sp³-hybridized carbons (Fsp3) is 0.615. The van der Waals surface area contributed by atoms with Gasteiger partial charge >= 0.3 is 6.18 Å². The fourth-order valence-electron chi connectivity index (χ4n) is 1.66. The van der Waals surface area contributed by atoms with E-state index in [1.165, 1.54) is 6.07 Å². The summed E-state index contributed by atoms with van der Waals surface area (Å²) >= 11 is 0. The first kappa shape index (κ1) is 16.7. The molecule has 1 heterocycles. The van der Waals surface area contributed by atoms with E-state index in [2.05, 4.69) is 4.98 Å². The summed E-state index contributed by atoms with van der Waals surface area (Å²) in [4.78, 5) is 5.30. The lowest BCUT2D eigenvalue weighted by atomic mass is 10.2. The van der Waals surface area contributed by atoms with E-state index < -0.39 is 11.9 Å². The number of ether oxygens (including phenoxy) is 1. The molecule has 0 aliphatic rings. The van der Waals surface area contributed by atoms with E-state index in [4.69, 9.17) is 10.5 Å². The Morgan fingerprint density at radius 2 is 2.00 bits per heavy atom. The number of pyridine rings is 1. The molecule has 2 N–H and O–H groups in total. The molecule has 114 valence electrons. The number of anilines is 1. The minimum Gasteiger partial charge on any atom is -0.377 e. The molecule has 0 radical (unpaired) electrons. The van der Waals surface area contributed by atoms with E-state index in [9.17, 15) is 13.2 Å². The highest BCUT2D eigenvalue weighted by Gasteiger charge is 2.33. The van der Waals surface area contributed by atoms with Gasteiger partial charge in [0.25, 0.3) is 0 Å². The van der Waals surface area contributed by atoms with Crippen LogP contribution in [0.4, 0.5) is 19.0 Å². The van der Waals surface area contributed by atoms with E-state index in [0.717, 1.165) is 6.07 Å². The van der Waals surface area contributed by atoms with Crippen LogP contribution >= 0.6 is 0 Å². The van der Waals surface area contributed by atoms with Crippen molar-refractivity contribution in [2.24, 2.45) is 5.73 Å². The molecule has 1 aromatic heterocycles. The van der Waals surface area contributed by atoms with Crippen molar-refractivity contribution in [3.63, 3.8) is 0 Å². The Balaban J connectivity index is 2.90. The lowest BCUT2D eigenvalue weighted by molar-refractivity contribution is -0.141. The largest absolute Gasteiger partial charge is 0.433 e. The van der Waals surface area contributed by atoms with Crippen molar-refractivity contribution in [1.82, 2.24) is 4.98 Å². The minimum absolute atomic E-state index is 0.0758.